The lowest BCUT2D eigenvalue weighted by atomic mass is 10.2. The van der Waals surface area contributed by atoms with Crippen molar-refractivity contribution in [2.24, 2.45) is 0 Å². The van der Waals surface area contributed by atoms with Crippen LogP contribution in [0, 0.1) is 5.41 Å². The van der Waals surface area contributed by atoms with Crippen LogP contribution in [-0.2, 0) is 0 Å². The van der Waals surface area contributed by atoms with E-state index in [1.165, 1.54) is 0 Å². The van der Waals surface area contributed by atoms with Crippen LogP contribution in [0.2, 0.25) is 0 Å². The number of benzene rings is 1. The Bertz CT molecular complexity index is 473. The summed E-state index contributed by atoms with van der Waals surface area (Å²) in [6.07, 6.45) is 0. The molecule has 0 amide bonds. The van der Waals surface area contributed by atoms with E-state index in [-0.39, 0.29) is 5.55 Å². The van der Waals surface area contributed by atoms with Crippen molar-refractivity contribution in [3.63, 3.8) is 0 Å². The van der Waals surface area contributed by atoms with E-state index in [9.17, 15) is 0 Å². The summed E-state index contributed by atoms with van der Waals surface area (Å²) in [5.74, 6) is 0. The second-order valence-electron chi connectivity index (χ2n) is 2.57. The number of nitrogens with one attached hydrogen (secondary N) is 1. The summed E-state index contributed by atoms with van der Waals surface area (Å²) in [4.78, 5) is 0. The fraction of sp³-hybridized carbons (Fsp3) is 0. The monoisotopic (exact) mass is 160 g/mol. The Balaban J connectivity index is 2.93. The summed E-state index contributed by atoms with van der Waals surface area (Å²) in [5, 5.41) is 8.23. The predicted octanol–water partition coefficient (Wildman–Crippen LogP) is 1.49. The van der Waals surface area contributed by atoms with Gasteiger partial charge in [-0.2, -0.15) is 0 Å². The highest BCUT2D eigenvalue weighted by Gasteiger charge is 1.96. The van der Waals surface area contributed by atoms with E-state index in [0.717, 1.165) is 5.39 Å². The smallest absolute Gasteiger partial charge is 0.235 e. The SMILES string of the molecule is N=c1oc2ccccc2cc1N. The van der Waals surface area contributed by atoms with Gasteiger partial charge in [0, 0.05) is 5.39 Å². The molecule has 1 aromatic carbocycles. The van der Waals surface area contributed by atoms with Gasteiger partial charge < -0.3 is 10.2 Å². The zero-order valence-electron chi connectivity index (χ0n) is 6.37. The molecular formula is C9H8N2O. The molecule has 0 unspecified atom stereocenters. The molecule has 0 aliphatic carbocycles. The second kappa shape index (κ2) is 2.37. The van der Waals surface area contributed by atoms with Gasteiger partial charge >= 0.3 is 0 Å². The van der Waals surface area contributed by atoms with Crippen molar-refractivity contribution in [2.75, 3.05) is 5.73 Å². The molecular weight excluding hydrogens is 152 g/mol. The molecule has 12 heavy (non-hydrogen) atoms. The molecule has 0 aliphatic rings. The Morgan fingerprint density at radius 1 is 1.25 bits per heavy atom. The van der Waals surface area contributed by atoms with Crippen molar-refractivity contribution < 1.29 is 4.42 Å². The summed E-state index contributed by atoms with van der Waals surface area (Å²) >= 11 is 0. The zero-order chi connectivity index (χ0) is 8.55. The lowest BCUT2D eigenvalue weighted by Crippen LogP contribution is -2.05. The highest BCUT2D eigenvalue weighted by molar-refractivity contribution is 5.78. The van der Waals surface area contributed by atoms with Gasteiger partial charge in [-0.3, -0.25) is 5.41 Å². The number of rotatable bonds is 0. The van der Waals surface area contributed by atoms with Crippen molar-refractivity contribution in [1.82, 2.24) is 0 Å². The van der Waals surface area contributed by atoms with Crippen LogP contribution in [-0.4, -0.2) is 0 Å². The number of hydrogen-bond acceptors (Lipinski definition) is 3. The van der Waals surface area contributed by atoms with Gasteiger partial charge in [-0.15, -0.1) is 0 Å². The molecule has 2 aromatic rings. The van der Waals surface area contributed by atoms with Crippen LogP contribution >= 0.6 is 0 Å². The largest absolute Gasteiger partial charge is 0.437 e. The maximum atomic E-state index is 7.31. The van der Waals surface area contributed by atoms with Gasteiger partial charge in [-0.25, -0.2) is 0 Å². The van der Waals surface area contributed by atoms with E-state index in [2.05, 4.69) is 0 Å². The lowest BCUT2D eigenvalue weighted by molar-refractivity contribution is 0.537. The summed E-state index contributed by atoms with van der Waals surface area (Å²) in [6, 6.07) is 9.21. The topological polar surface area (TPSA) is 63.0 Å². The molecule has 0 radical (unpaired) electrons. The Morgan fingerprint density at radius 2 is 2.00 bits per heavy atom. The number of anilines is 1. The molecule has 3 N–H and O–H groups in total. The molecule has 0 atom stereocenters. The highest BCUT2D eigenvalue weighted by atomic mass is 16.3. The number of hydrogen-bond donors (Lipinski definition) is 2. The molecule has 1 heterocycles. The first kappa shape index (κ1) is 6.91. The first-order valence-corrected chi connectivity index (χ1v) is 3.60. The van der Waals surface area contributed by atoms with Gasteiger partial charge in [0.25, 0.3) is 0 Å². The molecule has 0 saturated carbocycles. The number of nitrogen functional groups attached to an aromatic ring is 1. The van der Waals surface area contributed by atoms with Crippen molar-refractivity contribution >= 4 is 16.7 Å². The molecule has 0 saturated heterocycles. The molecule has 0 bridgehead atoms. The van der Waals surface area contributed by atoms with Crippen LogP contribution in [0.25, 0.3) is 11.0 Å². The van der Waals surface area contributed by atoms with Crippen molar-refractivity contribution in [2.45, 2.75) is 0 Å². The van der Waals surface area contributed by atoms with E-state index in [4.69, 9.17) is 15.6 Å². The van der Waals surface area contributed by atoms with E-state index >= 15 is 0 Å². The maximum absolute atomic E-state index is 7.31. The standard InChI is InChI=1S/C9H8N2O/c10-7-5-6-3-1-2-4-8(6)12-9(7)11/h1-5,11H,10H2. The van der Waals surface area contributed by atoms with Crippen LogP contribution in [0.3, 0.4) is 0 Å². The third-order valence-electron chi connectivity index (χ3n) is 1.70. The second-order valence-corrected chi connectivity index (χ2v) is 2.57. The van der Waals surface area contributed by atoms with Crippen LogP contribution in [0.1, 0.15) is 0 Å². The third kappa shape index (κ3) is 0.955. The summed E-state index contributed by atoms with van der Waals surface area (Å²) in [5.41, 5.74) is 6.59. The van der Waals surface area contributed by atoms with Gasteiger partial charge in [0.1, 0.15) is 5.58 Å². The Kier molecular flexibility index (Phi) is 1.37. The molecule has 3 nitrogen and oxygen atoms in total. The molecule has 3 heteroatoms. The van der Waals surface area contributed by atoms with Gasteiger partial charge in [0.2, 0.25) is 5.55 Å². The van der Waals surface area contributed by atoms with Crippen molar-refractivity contribution in [3.05, 3.63) is 35.9 Å². The molecule has 0 fully saturated rings. The normalized spacial score (nSPS) is 10.3. The van der Waals surface area contributed by atoms with E-state index < -0.39 is 0 Å². The van der Waals surface area contributed by atoms with Crippen molar-refractivity contribution in [3.8, 4) is 0 Å². The fourth-order valence-corrected chi connectivity index (χ4v) is 1.09. The van der Waals surface area contributed by atoms with Gasteiger partial charge in [-0.1, -0.05) is 18.2 Å². The van der Waals surface area contributed by atoms with Gasteiger partial charge in [-0.05, 0) is 12.1 Å². The van der Waals surface area contributed by atoms with Crippen LogP contribution in [0.5, 0.6) is 0 Å². The molecule has 0 spiro atoms. The zero-order valence-corrected chi connectivity index (χ0v) is 6.37. The molecule has 60 valence electrons. The minimum Gasteiger partial charge on any atom is -0.437 e. The molecule has 1 aromatic heterocycles. The number of nitrogens with two attached hydrogens (primary N) is 1. The van der Waals surface area contributed by atoms with Gasteiger partial charge in [0.15, 0.2) is 0 Å². The summed E-state index contributed by atoms with van der Waals surface area (Å²) in [6.45, 7) is 0. The number of fused-ring (bicyclic) bond motifs is 1. The maximum Gasteiger partial charge on any atom is 0.235 e. The Morgan fingerprint density at radius 3 is 2.83 bits per heavy atom. The van der Waals surface area contributed by atoms with E-state index in [0.29, 0.717) is 11.3 Å². The van der Waals surface area contributed by atoms with Crippen LogP contribution < -0.4 is 11.3 Å². The highest BCUT2D eigenvalue weighted by Crippen LogP contribution is 2.12. The lowest BCUT2D eigenvalue weighted by Gasteiger charge is -1.97. The Labute approximate surface area is 68.9 Å². The minimum absolute atomic E-state index is 0.0219. The summed E-state index contributed by atoms with van der Waals surface area (Å²) in [7, 11) is 0. The first-order valence-electron chi connectivity index (χ1n) is 3.60. The van der Waals surface area contributed by atoms with E-state index in [1.807, 2.05) is 24.3 Å². The molecule has 2 rings (SSSR count). The molecule has 0 aliphatic heterocycles. The summed E-state index contributed by atoms with van der Waals surface area (Å²) < 4.78 is 5.13. The van der Waals surface area contributed by atoms with Gasteiger partial charge in [0.05, 0.1) is 5.69 Å². The Hall–Kier alpha value is -1.77. The van der Waals surface area contributed by atoms with Crippen LogP contribution in [0.15, 0.2) is 34.7 Å². The van der Waals surface area contributed by atoms with Crippen molar-refractivity contribution in [1.29, 1.82) is 5.41 Å². The predicted molar refractivity (Wildman–Crippen MR) is 46.5 cm³/mol. The average Bonchev–Trinajstić information content (AvgIpc) is 2.07. The van der Waals surface area contributed by atoms with Crippen LogP contribution in [0.4, 0.5) is 5.69 Å². The number of para-hydroxylation sites is 1. The minimum atomic E-state index is 0.0219. The fourth-order valence-electron chi connectivity index (χ4n) is 1.09. The first-order chi connectivity index (χ1) is 5.77. The third-order valence-corrected chi connectivity index (χ3v) is 1.70. The average molecular weight is 160 g/mol. The van der Waals surface area contributed by atoms with E-state index in [1.54, 1.807) is 6.07 Å². The quantitative estimate of drug-likeness (QED) is 0.613.